The number of nitrogens with zero attached hydrogens (tertiary/aromatic N) is 4. The molecule has 0 saturated carbocycles. The quantitative estimate of drug-likeness (QED) is 0.342. The number of ether oxygens (including phenoxy) is 1. The van der Waals surface area contributed by atoms with Crippen molar-refractivity contribution in [3.63, 3.8) is 0 Å². The molecular weight excluding hydrogens is 408 g/mol. The number of hydrogen-bond acceptors (Lipinski definition) is 7. The molecule has 0 aliphatic carbocycles. The Balaban J connectivity index is 1.86. The summed E-state index contributed by atoms with van der Waals surface area (Å²) in [5.41, 5.74) is 1.44. The minimum absolute atomic E-state index is 0.0108. The van der Waals surface area contributed by atoms with Gasteiger partial charge >= 0.3 is 0 Å². The van der Waals surface area contributed by atoms with Crippen LogP contribution in [0, 0.1) is 10.1 Å². The van der Waals surface area contributed by atoms with Crippen molar-refractivity contribution < 1.29 is 9.66 Å². The first-order valence-electron chi connectivity index (χ1n) is 7.03. The smallest absolute Gasteiger partial charge is 0.270 e. The first-order valence-corrected chi connectivity index (χ1v) is 8.63. The van der Waals surface area contributed by atoms with Gasteiger partial charge in [-0.3, -0.25) is 10.1 Å². The Labute approximate surface area is 155 Å². The van der Waals surface area contributed by atoms with Crippen LogP contribution < -0.4 is 4.74 Å². The summed E-state index contributed by atoms with van der Waals surface area (Å²) in [6.07, 6.45) is 1.64. The van der Waals surface area contributed by atoms with Gasteiger partial charge in [-0.2, -0.15) is 0 Å². The van der Waals surface area contributed by atoms with Crippen molar-refractivity contribution in [2.75, 3.05) is 7.11 Å². The Hall–Kier alpha value is -2.65. The average Bonchev–Trinajstić information content (AvgIpc) is 3.09. The van der Waals surface area contributed by atoms with Gasteiger partial charge in [0.2, 0.25) is 5.13 Å². The van der Waals surface area contributed by atoms with Crippen LogP contribution in [-0.4, -0.2) is 28.4 Å². The fraction of sp³-hybridized carbons (Fsp3) is 0.0625. The number of methoxy groups -OCH3 is 1. The monoisotopic (exact) mass is 418 g/mol. The number of halogens is 1. The Morgan fingerprint density at radius 3 is 2.88 bits per heavy atom. The molecule has 0 fully saturated rings. The van der Waals surface area contributed by atoms with Crippen LogP contribution in [0.25, 0.3) is 10.6 Å². The number of non-ortho nitro benzene ring substituents is 1. The molecule has 1 aromatic heterocycles. The van der Waals surface area contributed by atoms with E-state index >= 15 is 0 Å². The number of nitro groups is 1. The van der Waals surface area contributed by atoms with Gasteiger partial charge in [-0.25, -0.2) is 4.99 Å². The molecule has 0 unspecified atom stereocenters. The molecule has 0 N–H and O–H groups in total. The number of rotatable bonds is 5. The van der Waals surface area contributed by atoms with E-state index in [0.717, 1.165) is 10.0 Å². The molecule has 2 aromatic carbocycles. The van der Waals surface area contributed by atoms with Gasteiger partial charge in [0.05, 0.1) is 12.0 Å². The lowest BCUT2D eigenvalue weighted by Crippen LogP contribution is -1.90. The average molecular weight is 419 g/mol. The summed E-state index contributed by atoms with van der Waals surface area (Å²) >= 11 is 4.66. The normalized spacial score (nSPS) is 11.0. The zero-order valence-electron chi connectivity index (χ0n) is 12.9. The highest BCUT2D eigenvalue weighted by atomic mass is 79.9. The van der Waals surface area contributed by atoms with E-state index in [0.29, 0.717) is 21.5 Å². The second kappa shape index (κ2) is 7.49. The predicted molar refractivity (Wildman–Crippen MR) is 99.9 cm³/mol. The maximum atomic E-state index is 10.9. The maximum Gasteiger partial charge on any atom is 0.270 e. The van der Waals surface area contributed by atoms with Gasteiger partial charge in [-0.1, -0.05) is 39.4 Å². The summed E-state index contributed by atoms with van der Waals surface area (Å²) in [4.78, 5) is 14.7. The topological polar surface area (TPSA) is 90.5 Å². The zero-order valence-corrected chi connectivity index (χ0v) is 15.3. The third-order valence-electron chi connectivity index (χ3n) is 3.22. The third-order valence-corrected chi connectivity index (χ3v) is 4.60. The van der Waals surface area contributed by atoms with Crippen LogP contribution in [0.1, 0.15) is 5.56 Å². The van der Waals surface area contributed by atoms with Crippen LogP contribution >= 0.6 is 27.3 Å². The van der Waals surface area contributed by atoms with E-state index in [2.05, 4.69) is 31.1 Å². The lowest BCUT2D eigenvalue weighted by molar-refractivity contribution is -0.384. The zero-order chi connectivity index (χ0) is 17.8. The van der Waals surface area contributed by atoms with Crippen molar-refractivity contribution in [2.24, 2.45) is 4.99 Å². The fourth-order valence-corrected chi connectivity index (χ4v) is 3.13. The van der Waals surface area contributed by atoms with Gasteiger partial charge in [0.25, 0.3) is 5.69 Å². The van der Waals surface area contributed by atoms with Crippen LogP contribution in [0.3, 0.4) is 0 Å². The van der Waals surface area contributed by atoms with Gasteiger partial charge in [0.1, 0.15) is 10.8 Å². The Kier molecular flexibility index (Phi) is 5.15. The molecule has 1 heterocycles. The summed E-state index contributed by atoms with van der Waals surface area (Å²) in [6, 6.07) is 11.9. The minimum Gasteiger partial charge on any atom is -0.496 e. The highest BCUT2D eigenvalue weighted by molar-refractivity contribution is 9.10. The molecule has 0 atom stereocenters. The maximum absolute atomic E-state index is 10.9. The van der Waals surface area contributed by atoms with E-state index in [1.807, 2.05) is 18.2 Å². The first kappa shape index (κ1) is 17.2. The number of benzene rings is 2. The molecule has 0 saturated heterocycles. The molecule has 3 rings (SSSR count). The van der Waals surface area contributed by atoms with Crippen molar-refractivity contribution in [1.29, 1.82) is 0 Å². The summed E-state index contributed by atoms with van der Waals surface area (Å²) in [7, 11) is 1.59. The lowest BCUT2D eigenvalue weighted by Gasteiger charge is -2.03. The summed E-state index contributed by atoms with van der Waals surface area (Å²) in [6.45, 7) is 0. The molecule has 7 nitrogen and oxygen atoms in total. The van der Waals surface area contributed by atoms with Gasteiger partial charge in [-0.05, 0) is 18.2 Å². The standard InChI is InChI=1S/C16H11BrN4O3S/c1-24-14-6-5-12(17)7-11(14)9-18-16-20-19-15(25-16)10-3-2-4-13(8-10)21(22)23/h2-9H,1H3/b18-9+. The third kappa shape index (κ3) is 4.06. The van der Waals surface area contributed by atoms with E-state index in [1.165, 1.54) is 23.5 Å². The van der Waals surface area contributed by atoms with Crippen molar-refractivity contribution >= 4 is 44.3 Å². The van der Waals surface area contributed by atoms with Gasteiger partial charge in [0, 0.05) is 33.9 Å². The number of aliphatic imine (C=N–C) groups is 1. The molecule has 0 aliphatic heterocycles. The molecule has 25 heavy (non-hydrogen) atoms. The lowest BCUT2D eigenvalue weighted by atomic mass is 10.2. The summed E-state index contributed by atoms with van der Waals surface area (Å²) < 4.78 is 6.20. The summed E-state index contributed by atoms with van der Waals surface area (Å²) in [5.74, 6) is 0.690. The Morgan fingerprint density at radius 2 is 2.12 bits per heavy atom. The van der Waals surface area contributed by atoms with Crippen LogP contribution in [-0.2, 0) is 0 Å². The van der Waals surface area contributed by atoms with Gasteiger partial charge in [-0.15, -0.1) is 10.2 Å². The van der Waals surface area contributed by atoms with E-state index in [4.69, 9.17) is 4.74 Å². The number of aromatic nitrogens is 2. The van der Waals surface area contributed by atoms with Crippen LogP contribution in [0.5, 0.6) is 5.75 Å². The highest BCUT2D eigenvalue weighted by Gasteiger charge is 2.11. The summed E-state index contributed by atoms with van der Waals surface area (Å²) in [5, 5.41) is 19.9. The van der Waals surface area contributed by atoms with Crippen LogP contribution in [0.2, 0.25) is 0 Å². The molecule has 126 valence electrons. The van der Waals surface area contributed by atoms with Crippen molar-refractivity contribution in [3.05, 3.63) is 62.6 Å². The molecule has 3 aromatic rings. The second-order valence-electron chi connectivity index (χ2n) is 4.84. The van der Waals surface area contributed by atoms with Crippen molar-refractivity contribution in [1.82, 2.24) is 10.2 Å². The highest BCUT2D eigenvalue weighted by Crippen LogP contribution is 2.30. The molecule has 0 aliphatic rings. The number of hydrogen-bond donors (Lipinski definition) is 0. The molecule has 0 spiro atoms. The van der Waals surface area contributed by atoms with Crippen molar-refractivity contribution in [2.45, 2.75) is 0 Å². The first-order chi connectivity index (χ1) is 12.1. The van der Waals surface area contributed by atoms with Gasteiger partial charge in [0.15, 0.2) is 0 Å². The van der Waals surface area contributed by atoms with E-state index < -0.39 is 4.92 Å². The van der Waals surface area contributed by atoms with Crippen LogP contribution in [0.4, 0.5) is 10.8 Å². The Bertz CT molecular complexity index is 958. The molecule has 0 amide bonds. The Morgan fingerprint density at radius 1 is 1.28 bits per heavy atom. The molecule has 0 radical (unpaired) electrons. The minimum atomic E-state index is -0.441. The van der Waals surface area contributed by atoms with E-state index in [-0.39, 0.29) is 5.69 Å². The van der Waals surface area contributed by atoms with Crippen LogP contribution in [0.15, 0.2) is 51.9 Å². The van der Waals surface area contributed by atoms with Gasteiger partial charge < -0.3 is 4.74 Å². The second-order valence-corrected chi connectivity index (χ2v) is 6.71. The number of nitro benzene ring substituents is 1. The van der Waals surface area contributed by atoms with E-state index in [9.17, 15) is 10.1 Å². The molecular formula is C16H11BrN4O3S. The molecule has 0 bridgehead atoms. The SMILES string of the molecule is COc1ccc(Br)cc1/C=N/c1nnc(-c2cccc([N+](=O)[O-])c2)s1. The predicted octanol–water partition coefficient (Wildman–Crippen LogP) is 4.64. The van der Waals surface area contributed by atoms with E-state index in [1.54, 1.807) is 25.5 Å². The molecule has 9 heteroatoms. The van der Waals surface area contributed by atoms with Crippen molar-refractivity contribution in [3.8, 4) is 16.3 Å². The fourth-order valence-electron chi connectivity index (χ4n) is 2.07. The largest absolute Gasteiger partial charge is 0.496 e.